The summed E-state index contributed by atoms with van der Waals surface area (Å²) in [7, 11) is 0. The number of thioether (sulfide) groups is 1. The van der Waals surface area contributed by atoms with E-state index in [0.29, 0.717) is 5.88 Å². The molecule has 1 atom stereocenters. The van der Waals surface area contributed by atoms with Crippen LogP contribution >= 0.6 is 35.0 Å². The molecule has 1 aliphatic heterocycles. The maximum Gasteiger partial charge on any atom is 0.111 e. The molecular weight excluding hydrogens is 299 g/mol. The minimum Gasteiger partial charge on any atom is -0.328 e. The molecule has 0 saturated carbocycles. The van der Waals surface area contributed by atoms with Crippen molar-refractivity contribution in [2.45, 2.75) is 19.4 Å². The summed E-state index contributed by atoms with van der Waals surface area (Å²) in [6, 6.07) is 6.00. The fourth-order valence-electron chi connectivity index (χ4n) is 2.63. The number of halogens is 2. The van der Waals surface area contributed by atoms with E-state index in [0.717, 1.165) is 40.8 Å². The summed E-state index contributed by atoms with van der Waals surface area (Å²) >= 11 is 14.2. The van der Waals surface area contributed by atoms with E-state index in [1.165, 1.54) is 17.9 Å². The lowest BCUT2D eigenvalue weighted by atomic mass is 10.1. The highest BCUT2D eigenvalue weighted by Gasteiger charge is 2.20. The van der Waals surface area contributed by atoms with E-state index in [4.69, 9.17) is 23.2 Å². The minimum atomic E-state index is 0.598. The van der Waals surface area contributed by atoms with Crippen LogP contribution in [0, 0.1) is 5.92 Å². The Hall–Kier alpha value is -0.380. The van der Waals surface area contributed by atoms with Crippen LogP contribution in [0.4, 0.5) is 0 Å². The highest BCUT2D eigenvalue weighted by atomic mass is 35.5. The molecule has 1 aromatic carbocycles. The van der Waals surface area contributed by atoms with Crippen molar-refractivity contribution >= 4 is 46.0 Å². The number of aromatic nitrogens is 2. The molecular formula is C14H16Cl2N2S. The SMILES string of the molecule is ClCCc1nc2c(Cl)cccc2n1CC1CCSC1. The summed E-state index contributed by atoms with van der Waals surface area (Å²) in [6.45, 7) is 1.04. The zero-order valence-electron chi connectivity index (χ0n) is 10.6. The number of para-hydroxylation sites is 1. The van der Waals surface area contributed by atoms with E-state index in [2.05, 4.69) is 15.6 Å². The van der Waals surface area contributed by atoms with Crippen molar-refractivity contribution in [1.82, 2.24) is 9.55 Å². The van der Waals surface area contributed by atoms with Gasteiger partial charge in [0.1, 0.15) is 11.3 Å². The smallest absolute Gasteiger partial charge is 0.111 e. The van der Waals surface area contributed by atoms with E-state index < -0.39 is 0 Å². The Labute approximate surface area is 127 Å². The quantitative estimate of drug-likeness (QED) is 0.786. The van der Waals surface area contributed by atoms with Gasteiger partial charge in [0.15, 0.2) is 0 Å². The van der Waals surface area contributed by atoms with Crippen LogP contribution in [-0.4, -0.2) is 26.9 Å². The fraction of sp³-hybridized carbons (Fsp3) is 0.500. The third kappa shape index (κ3) is 2.74. The molecule has 2 heterocycles. The van der Waals surface area contributed by atoms with Crippen LogP contribution in [0.3, 0.4) is 0 Å². The summed E-state index contributed by atoms with van der Waals surface area (Å²) in [5.41, 5.74) is 2.06. The average molecular weight is 315 g/mol. The van der Waals surface area contributed by atoms with Crippen molar-refractivity contribution in [3.05, 3.63) is 29.0 Å². The van der Waals surface area contributed by atoms with E-state index in [1.54, 1.807) is 0 Å². The predicted octanol–water partition coefficient (Wildman–Crippen LogP) is 4.22. The Morgan fingerprint density at radius 3 is 3.05 bits per heavy atom. The number of alkyl halides is 1. The van der Waals surface area contributed by atoms with Gasteiger partial charge in [0.25, 0.3) is 0 Å². The maximum atomic E-state index is 6.25. The second kappa shape index (κ2) is 5.94. The lowest BCUT2D eigenvalue weighted by Crippen LogP contribution is -2.13. The number of aryl methyl sites for hydroxylation is 1. The molecule has 0 bridgehead atoms. The summed E-state index contributed by atoms with van der Waals surface area (Å²) < 4.78 is 2.32. The molecule has 1 aliphatic rings. The van der Waals surface area contributed by atoms with Crippen molar-refractivity contribution in [3.63, 3.8) is 0 Å². The molecule has 102 valence electrons. The molecule has 0 radical (unpaired) electrons. The lowest BCUT2D eigenvalue weighted by Gasteiger charge is -2.13. The van der Waals surface area contributed by atoms with Crippen molar-refractivity contribution in [3.8, 4) is 0 Å². The van der Waals surface area contributed by atoms with Gasteiger partial charge in [0.05, 0.1) is 10.5 Å². The Morgan fingerprint density at radius 2 is 2.32 bits per heavy atom. The molecule has 5 heteroatoms. The number of imidazole rings is 1. The minimum absolute atomic E-state index is 0.598. The first kappa shape index (κ1) is 13.6. The highest BCUT2D eigenvalue weighted by Crippen LogP contribution is 2.29. The van der Waals surface area contributed by atoms with Crippen LogP contribution in [0.2, 0.25) is 5.02 Å². The number of fused-ring (bicyclic) bond motifs is 1. The van der Waals surface area contributed by atoms with E-state index in [1.807, 2.05) is 23.9 Å². The standard InChI is InChI=1S/C14H16Cl2N2S/c15-6-4-13-17-14-11(16)2-1-3-12(14)18(13)8-10-5-7-19-9-10/h1-3,10H,4-9H2. The number of hydrogen-bond donors (Lipinski definition) is 0. The maximum absolute atomic E-state index is 6.25. The van der Waals surface area contributed by atoms with Crippen molar-refractivity contribution < 1.29 is 0 Å². The average Bonchev–Trinajstić information content (AvgIpc) is 3.01. The second-order valence-corrected chi connectivity index (χ2v) is 6.85. The molecule has 1 saturated heterocycles. The third-order valence-electron chi connectivity index (χ3n) is 3.59. The highest BCUT2D eigenvalue weighted by molar-refractivity contribution is 7.99. The lowest BCUT2D eigenvalue weighted by molar-refractivity contribution is 0.490. The van der Waals surface area contributed by atoms with Gasteiger partial charge in [0.2, 0.25) is 0 Å². The van der Waals surface area contributed by atoms with Gasteiger partial charge in [-0.2, -0.15) is 11.8 Å². The Kier molecular flexibility index (Phi) is 4.25. The Bertz CT molecular complexity index is 576. The van der Waals surface area contributed by atoms with Gasteiger partial charge >= 0.3 is 0 Å². The number of benzene rings is 1. The van der Waals surface area contributed by atoms with Crippen LogP contribution in [0.25, 0.3) is 11.0 Å². The predicted molar refractivity (Wildman–Crippen MR) is 84.6 cm³/mol. The monoisotopic (exact) mass is 314 g/mol. The van der Waals surface area contributed by atoms with Gasteiger partial charge < -0.3 is 4.57 Å². The van der Waals surface area contributed by atoms with Gasteiger partial charge in [-0.15, -0.1) is 11.6 Å². The first-order valence-electron chi connectivity index (χ1n) is 6.57. The van der Waals surface area contributed by atoms with E-state index in [9.17, 15) is 0 Å². The molecule has 0 aliphatic carbocycles. The van der Waals surface area contributed by atoms with Crippen LogP contribution in [0.5, 0.6) is 0 Å². The number of rotatable bonds is 4. The summed E-state index contributed by atoms with van der Waals surface area (Å²) in [6.07, 6.45) is 2.09. The molecule has 0 amide bonds. The van der Waals surface area contributed by atoms with Gasteiger partial charge in [-0.3, -0.25) is 0 Å². The molecule has 1 unspecified atom stereocenters. The molecule has 1 fully saturated rings. The van der Waals surface area contributed by atoms with Crippen LogP contribution in [-0.2, 0) is 13.0 Å². The zero-order valence-corrected chi connectivity index (χ0v) is 12.9. The molecule has 1 aromatic heterocycles. The van der Waals surface area contributed by atoms with Crippen LogP contribution < -0.4 is 0 Å². The van der Waals surface area contributed by atoms with Gasteiger partial charge in [-0.25, -0.2) is 4.98 Å². The molecule has 0 spiro atoms. The molecule has 2 nitrogen and oxygen atoms in total. The first-order valence-corrected chi connectivity index (χ1v) is 8.63. The van der Waals surface area contributed by atoms with Crippen molar-refractivity contribution in [2.24, 2.45) is 5.92 Å². The number of hydrogen-bond acceptors (Lipinski definition) is 2. The van der Waals surface area contributed by atoms with Crippen LogP contribution in [0.15, 0.2) is 18.2 Å². The van der Waals surface area contributed by atoms with E-state index >= 15 is 0 Å². The number of nitrogens with zero attached hydrogens (tertiary/aromatic N) is 2. The van der Waals surface area contributed by atoms with Gasteiger partial charge in [-0.05, 0) is 36.0 Å². The Balaban J connectivity index is 2.02. The third-order valence-corrected chi connectivity index (χ3v) is 5.32. The van der Waals surface area contributed by atoms with Gasteiger partial charge in [0, 0.05) is 18.8 Å². The molecule has 19 heavy (non-hydrogen) atoms. The topological polar surface area (TPSA) is 17.8 Å². The largest absolute Gasteiger partial charge is 0.328 e. The Morgan fingerprint density at radius 1 is 1.42 bits per heavy atom. The molecule has 0 N–H and O–H groups in total. The zero-order chi connectivity index (χ0) is 13.2. The first-order chi connectivity index (χ1) is 9.29. The van der Waals surface area contributed by atoms with Crippen LogP contribution in [0.1, 0.15) is 12.2 Å². The molecule has 3 rings (SSSR count). The van der Waals surface area contributed by atoms with Crippen molar-refractivity contribution in [2.75, 3.05) is 17.4 Å². The second-order valence-electron chi connectivity index (χ2n) is 4.91. The summed E-state index contributed by atoms with van der Waals surface area (Å²) in [4.78, 5) is 4.68. The van der Waals surface area contributed by atoms with Gasteiger partial charge in [-0.1, -0.05) is 17.7 Å². The van der Waals surface area contributed by atoms with E-state index in [-0.39, 0.29) is 0 Å². The fourth-order valence-corrected chi connectivity index (χ4v) is 4.28. The van der Waals surface area contributed by atoms with Crippen molar-refractivity contribution in [1.29, 1.82) is 0 Å². The summed E-state index contributed by atoms with van der Waals surface area (Å²) in [5.74, 6) is 4.94. The molecule has 2 aromatic rings. The summed E-state index contributed by atoms with van der Waals surface area (Å²) in [5, 5.41) is 0.730. The normalized spacial score (nSPS) is 19.4.